The van der Waals surface area contributed by atoms with Crippen molar-refractivity contribution in [2.24, 2.45) is 23.7 Å². The molecule has 5 atom stereocenters. The van der Waals surface area contributed by atoms with E-state index >= 15 is 0 Å². The molecule has 38 heavy (non-hydrogen) atoms. The van der Waals surface area contributed by atoms with Gasteiger partial charge in [0.05, 0.1) is 43.4 Å². The average molecular weight is 541 g/mol. The molecular weight excluding hydrogens is 492 g/mol. The minimum atomic E-state index is -0.997. The summed E-state index contributed by atoms with van der Waals surface area (Å²) in [6.45, 7) is 1.05. The largest absolute Gasteiger partial charge is 0.481 e. The van der Waals surface area contributed by atoms with Crippen LogP contribution in [0.2, 0.25) is 0 Å². The first kappa shape index (κ1) is 29.7. The van der Waals surface area contributed by atoms with E-state index in [4.69, 9.17) is 14.8 Å². The van der Waals surface area contributed by atoms with Crippen molar-refractivity contribution in [1.82, 2.24) is 10.8 Å². The maximum atomic E-state index is 12.8. The smallest absolute Gasteiger partial charge is 0.307 e. The summed E-state index contributed by atoms with van der Waals surface area (Å²) in [6.07, 6.45) is 13.0. The van der Waals surface area contributed by atoms with Crippen LogP contribution >= 0.6 is 0 Å². The summed E-state index contributed by atoms with van der Waals surface area (Å²) in [5, 5.41) is 31.2. The van der Waals surface area contributed by atoms with E-state index in [1.807, 2.05) is 0 Å². The van der Waals surface area contributed by atoms with Crippen LogP contribution in [0.5, 0.6) is 0 Å². The standard InChI is InChI=1S/C28H48N2O8/c31-22-9-14-25(26(15-22)28(33)34)27(32)29-20-5-10-23(11-6-20)38-24-12-7-21(8-13-24)30-36-16-18-3-1-2-4-19(18)17-37-35/h18-26,30-31,35H,1-17H2,(H,29,32)(H,33,34). The number of aliphatic hydroxyl groups excluding tert-OH is 1. The van der Waals surface area contributed by atoms with Crippen LogP contribution in [-0.2, 0) is 24.1 Å². The van der Waals surface area contributed by atoms with E-state index in [1.54, 1.807) is 0 Å². The van der Waals surface area contributed by atoms with Crippen LogP contribution in [0, 0.1) is 23.7 Å². The number of carbonyl (C=O) groups is 2. The number of carboxylic acid groups (broad SMARTS) is 1. The normalized spacial score (nSPS) is 38.4. The first-order chi connectivity index (χ1) is 18.4. The Balaban J connectivity index is 1.09. The molecule has 10 heteroatoms. The highest BCUT2D eigenvalue weighted by atomic mass is 17.1. The summed E-state index contributed by atoms with van der Waals surface area (Å²) in [5.41, 5.74) is 3.27. The number of hydrogen-bond acceptors (Lipinski definition) is 8. The number of hydroxylamine groups is 1. The maximum Gasteiger partial charge on any atom is 0.307 e. The average Bonchev–Trinajstić information content (AvgIpc) is 2.92. The third kappa shape index (κ3) is 8.60. The number of rotatable bonds is 11. The van der Waals surface area contributed by atoms with Gasteiger partial charge >= 0.3 is 5.97 Å². The van der Waals surface area contributed by atoms with Crippen LogP contribution in [0.25, 0.3) is 0 Å². The van der Waals surface area contributed by atoms with Gasteiger partial charge in [0.15, 0.2) is 0 Å². The lowest BCUT2D eigenvalue weighted by atomic mass is 9.77. The Labute approximate surface area is 226 Å². The Kier molecular flexibility index (Phi) is 11.6. The number of carbonyl (C=O) groups excluding carboxylic acids is 1. The highest BCUT2D eigenvalue weighted by Gasteiger charge is 2.40. The second-order valence-corrected chi connectivity index (χ2v) is 12.1. The number of aliphatic hydroxyl groups is 1. The molecule has 0 aromatic heterocycles. The molecule has 4 aliphatic rings. The van der Waals surface area contributed by atoms with Gasteiger partial charge in [-0.3, -0.25) is 14.8 Å². The zero-order chi connectivity index (χ0) is 26.9. The second kappa shape index (κ2) is 14.9. The van der Waals surface area contributed by atoms with Crippen molar-refractivity contribution in [3.63, 3.8) is 0 Å². The van der Waals surface area contributed by atoms with Gasteiger partial charge in [-0.15, -0.1) is 0 Å². The molecule has 0 saturated heterocycles. The lowest BCUT2D eigenvalue weighted by Crippen LogP contribution is -2.47. The lowest BCUT2D eigenvalue weighted by Gasteiger charge is -2.36. The molecule has 4 aliphatic carbocycles. The Morgan fingerprint density at radius 2 is 1.34 bits per heavy atom. The van der Waals surface area contributed by atoms with E-state index in [0.717, 1.165) is 64.2 Å². The van der Waals surface area contributed by atoms with E-state index in [-0.39, 0.29) is 30.6 Å². The van der Waals surface area contributed by atoms with Crippen molar-refractivity contribution in [2.75, 3.05) is 13.2 Å². The fourth-order valence-corrected chi connectivity index (χ4v) is 7.07. The van der Waals surface area contributed by atoms with Gasteiger partial charge < -0.3 is 25.1 Å². The van der Waals surface area contributed by atoms with Crippen LogP contribution in [0.15, 0.2) is 0 Å². The highest BCUT2D eigenvalue weighted by molar-refractivity contribution is 5.85. The quantitative estimate of drug-likeness (QED) is 0.196. The molecule has 0 aromatic carbocycles. The van der Waals surface area contributed by atoms with Crippen molar-refractivity contribution in [1.29, 1.82) is 0 Å². The minimum Gasteiger partial charge on any atom is -0.481 e. The summed E-state index contributed by atoms with van der Waals surface area (Å²) < 4.78 is 6.43. The monoisotopic (exact) mass is 540 g/mol. The molecule has 4 saturated carbocycles. The van der Waals surface area contributed by atoms with Crippen molar-refractivity contribution < 1.29 is 39.5 Å². The van der Waals surface area contributed by atoms with Gasteiger partial charge in [-0.2, -0.15) is 5.48 Å². The molecule has 0 radical (unpaired) electrons. The Hall–Kier alpha value is -1.30. The van der Waals surface area contributed by atoms with Gasteiger partial charge in [-0.05, 0) is 95.3 Å². The molecule has 0 aliphatic heterocycles. The van der Waals surface area contributed by atoms with Crippen molar-refractivity contribution in [2.45, 2.75) is 127 Å². The molecule has 5 unspecified atom stereocenters. The molecule has 0 spiro atoms. The van der Waals surface area contributed by atoms with Crippen molar-refractivity contribution >= 4 is 11.9 Å². The highest BCUT2D eigenvalue weighted by Crippen LogP contribution is 2.33. The van der Waals surface area contributed by atoms with E-state index < -0.39 is 23.9 Å². The zero-order valence-electron chi connectivity index (χ0n) is 22.6. The number of carboxylic acids is 1. The topological polar surface area (TPSA) is 147 Å². The van der Waals surface area contributed by atoms with Gasteiger partial charge in [0, 0.05) is 12.1 Å². The molecule has 4 fully saturated rings. The SMILES string of the molecule is O=C(O)C1CC(O)CCC1C(=O)NC1CCC(OC2CCC(NOCC3CCCCC3COO)CC2)CC1. The van der Waals surface area contributed by atoms with Crippen LogP contribution in [0.4, 0.5) is 0 Å². The fourth-order valence-electron chi connectivity index (χ4n) is 7.07. The number of nitrogens with one attached hydrogen (secondary N) is 2. The van der Waals surface area contributed by atoms with Crippen LogP contribution in [0.1, 0.15) is 96.3 Å². The third-order valence-corrected chi connectivity index (χ3v) is 9.46. The Bertz CT molecular complexity index is 736. The van der Waals surface area contributed by atoms with E-state index in [1.165, 1.54) is 12.8 Å². The number of ether oxygens (including phenoxy) is 1. The van der Waals surface area contributed by atoms with E-state index in [9.17, 15) is 19.8 Å². The fraction of sp³-hybridized carbons (Fsp3) is 0.929. The predicted octanol–water partition coefficient (Wildman–Crippen LogP) is 3.42. The van der Waals surface area contributed by atoms with Crippen LogP contribution in [0.3, 0.4) is 0 Å². The molecule has 4 rings (SSSR count). The number of aliphatic carboxylic acids is 1. The Morgan fingerprint density at radius 3 is 1.95 bits per heavy atom. The molecule has 218 valence electrons. The van der Waals surface area contributed by atoms with Gasteiger partial charge in [0.1, 0.15) is 0 Å². The Morgan fingerprint density at radius 1 is 0.737 bits per heavy atom. The van der Waals surface area contributed by atoms with Gasteiger partial charge in [-0.25, -0.2) is 4.89 Å². The van der Waals surface area contributed by atoms with Crippen LogP contribution in [-0.4, -0.2) is 71.0 Å². The first-order valence-corrected chi connectivity index (χ1v) is 14.9. The first-order valence-electron chi connectivity index (χ1n) is 14.9. The summed E-state index contributed by atoms with van der Waals surface area (Å²) in [6, 6.07) is 0.404. The van der Waals surface area contributed by atoms with Gasteiger partial charge in [-0.1, -0.05) is 12.8 Å². The summed E-state index contributed by atoms with van der Waals surface area (Å²) in [7, 11) is 0. The summed E-state index contributed by atoms with van der Waals surface area (Å²) >= 11 is 0. The second-order valence-electron chi connectivity index (χ2n) is 12.1. The minimum absolute atomic E-state index is 0.0634. The molecule has 10 nitrogen and oxygen atoms in total. The van der Waals surface area contributed by atoms with Gasteiger partial charge in [0.2, 0.25) is 5.91 Å². The maximum absolute atomic E-state index is 12.8. The zero-order valence-corrected chi connectivity index (χ0v) is 22.6. The molecule has 0 bridgehead atoms. The predicted molar refractivity (Wildman–Crippen MR) is 139 cm³/mol. The van der Waals surface area contributed by atoms with Crippen molar-refractivity contribution in [3.8, 4) is 0 Å². The third-order valence-electron chi connectivity index (χ3n) is 9.46. The lowest BCUT2D eigenvalue weighted by molar-refractivity contribution is -0.256. The van der Waals surface area contributed by atoms with E-state index in [2.05, 4.69) is 15.7 Å². The number of amides is 1. The van der Waals surface area contributed by atoms with E-state index in [0.29, 0.717) is 43.9 Å². The summed E-state index contributed by atoms with van der Waals surface area (Å²) in [5.74, 6) is -1.75. The molecule has 0 aromatic rings. The van der Waals surface area contributed by atoms with Crippen LogP contribution < -0.4 is 10.8 Å². The van der Waals surface area contributed by atoms with Crippen molar-refractivity contribution in [3.05, 3.63) is 0 Å². The molecule has 1 amide bonds. The molecule has 0 heterocycles. The number of hydrogen-bond donors (Lipinski definition) is 5. The molecule has 5 N–H and O–H groups in total. The van der Waals surface area contributed by atoms with Gasteiger partial charge in [0.25, 0.3) is 0 Å². The molecular formula is C28H48N2O8. The summed E-state index contributed by atoms with van der Waals surface area (Å²) in [4.78, 5) is 34.7.